The van der Waals surface area contributed by atoms with Gasteiger partial charge in [0, 0.05) is 12.1 Å². The summed E-state index contributed by atoms with van der Waals surface area (Å²) in [7, 11) is 0. The van der Waals surface area contributed by atoms with E-state index < -0.39 is 0 Å². The van der Waals surface area contributed by atoms with E-state index in [1.54, 1.807) is 0 Å². The maximum atomic E-state index is 3.91. The largest absolute Gasteiger partial charge is 0.311 e. The van der Waals surface area contributed by atoms with Crippen molar-refractivity contribution in [2.75, 3.05) is 0 Å². The van der Waals surface area contributed by atoms with Crippen LogP contribution in [0.3, 0.4) is 0 Å². The van der Waals surface area contributed by atoms with E-state index in [9.17, 15) is 0 Å². The van der Waals surface area contributed by atoms with Gasteiger partial charge in [-0.2, -0.15) is 0 Å². The Morgan fingerprint density at radius 1 is 1.00 bits per heavy atom. The lowest BCUT2D eigenvalue weighted by Gasteiger charge is -2.44. The monoisotopic (exact) mass is 193 g/mol. The molecule has 4 rings (SSSR count). The molecule has 0 aromatic rings. The van der Waals surface area contributed by atoms with Gasteiger partial charge >= 0.3 is 0 Å². The molecule has 14 heavy (non-hydrogen) atoms. The normalized spacial score (nSPS) is 43.9. The fraction of sp³-hybridized carbons (Fsp3) is 1.00. The lowest BCUT2D eigenvalue weighted by Crippen LogP contribution is -2.48. The highest BCUT2D eigenvalue weighted by Gasteiger charge is 2.37. The second-order valence-electron chi connectivity index (χ2n) is 5.92. The van der Waals surface area contributed by atoms with Crippen molar-refractivity contribution in [3.8, 4) is 0 Å². The third kappa shape index (κ3) is 1.71. The van der Waals surface area contributed by atoms with Crippen molar-refractivity contribution in [2.24, 2.45) is 17.8 Å². The molecular weight excluding hydrogens is 170 g/mol. The van der Waals surface area contributed by atoms with Gasteiger partial charge in [0.25, 0.3) is 0 Å². The first-order valence-corrected chi connectivity index (χ1v) is 6.59. The highest BCUT2D eigenvalue weighted by atomic mass is 15.0. The molecule has 2 bridgehead atoms. The van der Waals surface area contributed by atoms with Gasteiger partial charge < -0.3 is 5.32 Å². The predicted molar refractivity (Wildman–Crippen MR) is 59.2 cm³/mol. The Morgan fingerprint density at radius 2 is 1.71 bits per heavy atom. The van der Waals surface area contributed by atoms with E-state index in [1.807, 2.05) is 0 Å². The number of fused-ring (bicyclic) bond motifs is 3. The van der Waals surface area contributed by atoms with Crippen LogP contribution in [0.2, 0.25) is 0 Å². The summed E-state index contributed by atoms with van der Waals surface area (Å²) in [6, 6.07) is 1.69. The average molecular weight is 193 g/mol. The summed E-state index contributed by atoms with van der Waals surface area (Å²) in [6.45, 7) is 2.40. The lowest BCUT2D eigenvalue weighted by molar-refractivity contribution is 0.115. The second kappa shape index (κ2) is 3.52. The van der Waals surface area contributed by atoms with E-state index in [0.29, 0.717) is 0 Å². The van der Waals surface area contributed by atoms with E-state index in [2.05, 4.69) is 12.2 Å². The molecule has 4 fully saturated rings. The van der Waals surface area contributed by atoms with Crippen LogP contribution in [-0.4, -0.2) is 12.1 Å². The van der Waals surface area contributed by atoms with Crippen LogP contribution in [-0.2, 0) is 0 Å². The van der Waals surface area contributed by atoms with Gasteiger partial charge in [0.1, 0.15) is 0 Å². The van der Waals surface area contributed by atoms with Gasteiger partial charge in [-0.1, -0.05) is 12.8 Å². The van der Waals surface area contributed by atoms with Crippen molar-refractivity contribution in [3.05, 3.63) is 0 Å². The van der Waals surface area contributed by atoms with Gasteiger partial charge in [0.15, 0.2) is 0 Å². The number of hydrogen-bond donors (Lipinski definition) is 1. The fourth-order valence-corrected chi connectivity index (χ4v) is 3.65. The Balaban J connectivity index is 1.56. The standard InChI is InChI=1S/C13H23N/c1-9(11-6-7-11)14-13-8-10-2-4-12(13)5-3-10/h9-14H,2-8H2,1H3. The first-order chi connectivity index (χ1) is 6.83. The number of rotatable bonds is 3. The summed E-state index contributed by atoms with van der Waals surface area (Å²) in [5.74, 6) is 3.13. The SMILES string of the molecule is CC(NC1CC2CCC1CC2)C1CC1. The lowest BCUT2D eigenvalue weighted by atomic mass is 9.68. The first-order valence-electron chi connectivity index (χ1n) is 6.59. The Hall–Kier alpha value is -0.0400. The van der Waals surface area contributed by atoms with Gasteiger partial charge in [-0.05, 0) is 56.8 Å². The molecule has 1 N–H and O–H groups in total. The van der Waals surface area contributed by atoms with Crippen LogP contribution >= 0.6 is 0 Å². The summed E-state index contributed by atoms with van der Waals surface area (Å²) < 4.78 is 0. The van der Waals surface area contributed by atoms with E-state index in [0.717, 1.165) is 29.8 Å². The van der Waals surface area contributed by atoms with Crippen LogP contribution < -0.4 is 5.32 Å². The molecule has 0 saturated heterocycles. The Morgan fingerprint density at radius 3 is 2.21 bits per heavy atom. The third-order valence-corrected chi connectivity index (χ3v) is 4.85. The molecule has 0 heterocycles. The van der Waals surface area contributed by atoms with E-state index in [4.69, 9.17) is 0 Å². The van der Waals surface area contributed by atoms with Crippen molar-refractivity contribution in [2.45, 2.75) is 64.0 Å². The predicted octanol–water partition coefficient (Wildman–Crippen LogP) is 2.95. The summed E-state index contributed by atoms with van der Waals surface area (Å²) in [6.07, 6.45) is 10.5. The molecule has 0 aliphatic heterocycles. The third-order valence-electron chi connectivity index (χ3n) is 4.85. The smallest absolute Gasteiger partial charge is 0.0101 e. The van der Waals surface area contributed by atoms with Crippen LogP contribution in [0.25, 0.3) is 0 Å². The summed E-state index contributed by atoms with van der Waals surface area (Å²) in [5, 5.41) is 3.91. The Kier molecular flexibility index (Phi) is 2.31. The molecule has 0 spiro atoms. The zero-order valence-corrected chi connectivity index (χ0v) is 9.34. The highest BCUT2D eigenvalue weighted by Crippen LogP contribution is 2.42. The van der Waals surface area contributed by atoms with E-state index in [-0.39, 0.29) is 0 Å². The topological polar surface area (TPSA) is 12.0 Å². The minimum absolute atomic E-state index is 0.805. The number of hydrogen-bond acceptors (Lipinski definition) is 1. The summed E-state index contributed by atoms with van der Waals surface area (Å²) >= 11 is 0. The quantitative estimate of drug-likeness (QED) is 0.726. The molecule has 0 amide bonds. The second-order valence-corrected chi connectivity index (χ2v) is 5.92. The molecule has 2 atom stereocenters. The fourth-order valence-electron chi connectivity index (χ4n) is 3.65. The molecule has 4 saturated carbocycles. The minimum Gasteiger partial charge on any atom is -0.311 e. The molecule has 0 radical (unpaired) electrons. The van der Waals surface area contributed by atoms with E-state index >= 15 is 0 Å². The van der Waals surface area contributed by atoms with Crippen molar-refractivity contribution >= 4 is 0 Å². The van der Waals surface area contributed by atoms with Crippen molar-refractivity contribution < 1.29 is 0 Å². The van der Waals surface area contributed by atoms with Crippen LogP contribution in [0.4, 0.5) is 0 Å². The Labute approximate surface area is 87.7 Å². The molecule has 4 aliphatic rings. The van der Waals surface area contributed by atoms with Crippen LogP contribution in [0.1, 0.15) is 51.9 Å². The minimum atomic E-state index is 0.805. The maximum Gasteiger partial charge on any atom is 0.0101 e. The molecule has 2 unspecified atom stereocenters. The van der Waals surface area contributed by atoms with Crippen LogP contribution in [0.5, 0.6) is 0 Å². The van der Waals surface area contributed by atoms with Crippen LogP contribution in [0, 0.1) is 17.8 Å². The molecular formula is C13H23N. The average Bonchev–Trinajstić information content (AvgIpc) is 3.02. The van der Waals surface area contributed by atoms with Gasteiger partial charge in [-0.3, -0.25) is 0 Å². The van der Waals surface area contributed by atoms with Gasteiger partial charge in [0.05, 0.1) is 0 Å². The van der Waals surface area contributed by atoms with Crippen molar-refractivity contribution in [1.82, 2.24) is 5.32 Å². The zero-order chi connectivity index (χ0) is 9.54. The van der Waals surface area contributed by atoms with Crippen molar-refractivity contribution in [3.63, 3.8) is 0 Å². The molecule has 1 nitrogen and oxygen atoms in total. The summed E-state index contributed by atoms with van der Waals surface area (Å²) in [5.41, 5.74) is 0. The summed E-state index contributed by atoms with van der Waals surface area (Å²) in [4.78, 5) is 0. The molecule has 4 aliphatic carbocycles. The van der Waals surface area contributed by atoms with Crippen molar-refractivity contribution in [1.29, 1.82) is 0 Å². The number of nitrogens with one attached hydrogen (secondary N) is 1. The Bertz CT molecular complexity index is 201. The molecule has 0 aromatic heterocycles. The van der Waals surface area contributed by atoms with Gasteiger partial charge in [-0.15, -0.1) is 0 Å². The molecule has 1 heteroatoms. The van der Waals surface area contributed by atoms with E-state index in [1.165, 1.54) is 44.9 Å². The van der Waals surface area contributed by atoms with Gasteiger partial charge in [0.2, 0.25) is 0 Å². The molecule has 0 aromatic carbocycles. The van der Waals surface area contributed by atoms with Gasteiger partial charge in [-0.25, -0.2) is 0 Å². The maximum absolute atomic E-state index is 3.91. The van der Waals surface area contributed by atoms with Crippen LogP contribution in [0.15, 0.2) is 0 Å². The first kappa shape index (κ1) is 9.21. The highest BCUT2D eigenvalue weighted by molar-refractivity contribution is 4.94. The zero-order valence-electron chi connectivity index (χ0n) is 9.34. The molecule has 80 valence electrons.